The average Bonchev–Trinajstić information content (AvgIpc) is 2.34. The molecule has 4 heteroatoms. The normalized spacial score (nSPS) is 30.5. The van der Waals surface area contributed by atoms with E-state index in [4.69, 9.17) is 5.11 Å². The van der Waals surface area contributed by atoms with Crippen LogP contribution in [0.4, 0.5) is 0 Å². The molecule has 1 aliphatic heterocycles. The number of carbonyl (C=O) groups is 1. The fraction of sp³-hybridized carbons (Fsp3) is 0.857. The van der Waals surface area contributed by atoms with Crippen molar-refractivity contribution in [3.8, 4) is 0 Å². The zero-order valence-electron chi connectivity index (χ0n) is 6.87. The average molecular weight is 158 g/mol. The van der Waals surface area contributed by atoms with Crippen molar-refractivity contribution in [2.24, 2.45) is 0 Å². The molecule has 2 atom stereocenters. The smallest absolute Gasteiger partial charge is 0.239 e. The van der Waals surface area contributed by atoms with Crippen molar-refractivity contribution >= 4 is 5.91 Å². The Morgan fingerprint density at radius 3 is 2.64 bits per heavy atom. The summed E-state index contributed by atoms with van der Waals surface area (Å²) in [6.07, 6.45) is 0.181. The third-order valence-corrected chi connectivity index (χ3v) is 1.85. The van der Waals surface area contributed by atoms with Crippen LogP contribution in [0.15, 0.2) is 0 Å². The fourth-order valence-corrected chi connectivity index (χ4v) is 1.22. The summed E-state index contributed by atoms with van der Waals surface area (Å²) in [5.74, 6) is 0.0431. The molecule has 0 aromatic rings. The lowest BCUT2D eigenvalue weighted by Gasteiger charge is -2.15. The summed E-state index contributed by atoms with van der Waals surface area (Å²) in [6, 6.07) is -0.181. The lowest BCUT2D eigenvalue weighted by Crippen LogP contribution is -2.39. The lowest BCUT2D eigenvalue weighted by atomic mass is 10.2. The van der Waals surface area contributed by atoms with Crippen LogP contribution in [0.3, 0.4) is 0 Å². The maximum absolute atomic E-state index is 11.2. The summed E-state index contributed by atoms with van der Waals surface area (Å²) in [7, 11) is 3.43. The summed E-state index contributed by atoms with van der Waals surface area (Å²) in [4.78, 5) is 12.8. The van der Waals surface area contributed by atoms with Crippen LogP contribution in [0.5, 0.6) is 0 Å². The molecule has 1 heterocycles. The third kappa shape index (κ3) is 1.91. The minimum absolute atomic E-state index is 0.0431. The molecule has 0 radical (unpaired) electrons. The molecule has 0 aromatic heterocycles. The predicted octanol–water partition coefficient (Wildman–Crippen LogP) is -1.20. The van der Waals surface area contributed by atoms with Gasteiger partial charge >= 0.3 is 0 Å². The number of aliphatic hydroxyl groups is 1. The van der Waals surface area contributed by atoms with Gasteiger partial charge in [0.1, 0.15) is 0 Å². The first-order valence-electron chi connectivity index (χ1n) is 3.74. The number of nitrogens with zero attached hydrogens (tertiary/aromatic N) is 1. The predicted molar refractivity (Wildman–Crippen MR) is 41.1 cm³/mol. The van der Waals surface area contributed by atoms with E-state index in [2.05, 4.69) is 5.32 Å². The molecule has 1 aliphatic rings. The van der Waals surface area contributed by atoms with Gasteiger partial charge in [-0.15, -0.1) is 0 Å². The van der Waals surface area contributed by atoms with Crippen molar-refractivity contribution in [3.63, 3.8) is 0 Å². The maximum atomic E-state index is 11.2. The standard InChI is InChI=1S/C7H14N2O2/c1-9(2)7(11)6-3-5(10)4-8-6/h5-6,8,10H,3-4H2,1-2H3/t5-,6-/m1/s1. The van der Waals surface area contributed by atoms with Gasteiger partial charge in [0, 0.05) is 20.6 Å². The molecule has 0 aliphatic carbocycles. The molecule has 0 saturated carbocycles. The van der Waals surface area contributed by atoms with Crippen molar-refractivity contribution in [2.75, 3.05) is 20.6 Å². The summed E-state index contributed by atoms with van der Waals surface area (Å²) in [5, 5.41) is 12.0. The Morgan fingerprint density at radius 2 is 2.27 bits per heavy atom. The Kier molecular flexibility index (Phi) is 2.46. The van der Waals surface area contributed by atoms with E-state index in [0.29, 0.717) is 13.0 Å². The van der Waals surface area contributed by atoms with E-state index in [0.717, 1.165) is 0 Å². The number of hydrogen-bond acceptors (Lipinski definition) is 3. The highest BCUT2D eigenvalue weighted by atomic mass is 16.3. The highest BCUT2D eigenvalue weighted by Gasteiger charge is 2.28. The minimum Gasteiger partial charge on any atom is -0.392 e. The first-order chi connectivity index (χ1) is 5.11. The van der Waals surface area contributed by atoms with Crippen LogP contribution < -0.4 is 5.32 Å². The van der Waals surface area contributed by atoms with Crippen LogP contribution in [-0.2, 0) is 4.79 Å². The summed E-state index contributed by atoms with van der Waals surface area (Å²) < 4.78 is 0. The Bertz CT molecular complexity index is 159. The molecule has 1 fully saturated rings. The summed E-state index contributed by atoms with van der Waals surface area (Å²) in [5.41, 5.74) is 0. The molecule has 4 nitrogen and oxygen atoms in total. The van der Waals surface area contributed by atoms with Crippen molar-refractivity contribution in [1.82, 2.24) is 10.2 Å². The number of carbonyl (C=O) groups excluding carboxylic acids is 1. The minimum atomic E-state index is -0.358. The quantitative estimate of drug-likeness (QED) is 0.504. The third-order valence-electron chi connectivity index (χ3n) is 1.85. The van der Waals surface area contributed by atoms with Crippen LogP contribution >= 0.6 is 0 Å². The lowest BCUT2D eigenvalue weighted by molar-refractivity contribution is -0.130. The van der Waals surface area contributed by atoms with Gasteiger partial charge in [-0.2, -0.15) is 0 Å². The molecule has 0 bridgehead atoms. The van der Waals surface area contributed by atoms with E-state index < -0.39 is 0 Å². The van der Waals surface area contributed by atoms with Gasteiger partial charge in [0.25, 0.3) is 0 Å². The van der Waals surface area contributed by atoms with Crippen molar-refractivity contribution in [3.05, 3.63) is 0 Å². The molecule has 0 aromatic carbocycles. The fourth-order valence-electron chi connectivity index (χ4n) is 1.22. The molecular weight excluding hydrogens is 144 g/mol. The van der Waals surface area contributed by atoms with Gasteiger partial charge in [-0.05, 0) is 6.42 Å². The van der Waals surface area contributed by atoms with Gasteiger partial charge in [0.05, 0.1) is 12.1 Å². The van der Waals surface area contributed by atoms with Gasteiger partial charge < -0.3 is 15.3 Å². The molecule has 0 spiro atoms. The van der Waals surface area contributed by atoms with Crippen molar-refractivity contribution in [1.29, 1.82) is 0 Å². The second kappa shape index (κ2) is 3.19. The van der Waals surface area contributed by atoms with Crippen LogP contribution in [-0.4, -0.2) is 48.7 Å². The highest BCUT2D eigenvalue weighted by Crippen LogP contribution is 2.07. The van der Waals surface area contributed by atoms with Crippen molar-refractivity contribution in [2.45, 2.75) is 18.6 Å². The van der Waals surface area contributed by atoms with E-state index in [9.17, 15) is 4.79 Å². The van der Waals surface area contributed by atoms with Gasteiger partial charge in [-0.3, -0.25) is 4.79 Å². The molecule has 1 amide bonds. The number of aliphatic hydroxyl groups excluding tert-OH is 1. The van der Waals surface area contributed by atoms with E-state index in [-0.39, 0.29) is 18.1 Å². The van der Waals surface area contributed by atoms with E-state index in [1.165, 1.54) is 4.90 Å². The zero-order valence-corrected chi connectivity index (χ0v) is 6.87. The second-order valence-corrected chi connectivity index (χ2v) is 3.08. The summed E-state index contributed by atoms with van der Waals surface area (Å²) >= 11 is 0. The number of rotatable bonds is 1. The highest BCUT2D eigenvalue weighted by molar-refractivity contribution is 5.81. The molecule has 11 heavy (non-hydrogen) atoms. The van der Waals surface area contributed by atoms with Crippen LogP contribution in [0.2, 0.25) is 0 Å². The molecule has 64 valence electrons. The molecule has 2 N–H and O–H groups in total. The van der Waals surface area contributed by atoms with Gasteiger partial charge in [0.15, 0.2) is 0 Å². The van der Waals surface area contributed by atoms with Crippen molar-refractivity contribution < 1.29 is 9.90 Å². The zero-order chi connectivity index (χ0) is 8.43. The molecular formula is C7H14N2O2. The first kappa shape index (κ1) is 8.49. The van der Waals surface area contributed by atoms with Gasteiger partial charge in [-0.25, -0.2) is 0 Å². The van der Waals surface area contributed by atoms with E-state index in [1.54, 1.807) is 14.1 Å². The Labute approximate surface area is 66.2 Å². The largest absolute Gasteiger partial charge is 0.392 e. The monoisotopic (exact) mass is 158 g/mol. The van der Waals surface area contributed by atoms with E-state index >= 15 is 0 Å². The SMILES string of the molecule is CN(C)C(=O)[C@H]1C[C@@H](O)CN1. The Morgan fingerprint density at radius 1 is 1.64 bits per heavy atom. The Balaban J connectivity index is 2.43. The van der Waals surface area contributed by atoms with Crippen LogP contribution in [0.1, 0.15) is 6.42 Å². The van der Waals surface area contributed by atoms with Gasteiger partial charge in [0.2, 0.25) is 5.91 Å². The second-order valence-electron chi connectivity index (χ2n) is 3.08. The number of hydrogen-bond donors (Lipinski definition) is 2. The van der Waals surface area contributed by atoms with E-state index in [1.807, 2.05) is 0 Å². The number of likely N-dealkylation sites (N-methyl/N-ethyl adjacent to an activating group) is 1. The van der Waals surface area contributed by atoms with Gasteiger partial charge in [-0.1, -0.05) is 0 Å². The molecule has 1 saturated heterocycles. The Hall–Kier alpha value is -0.610. The van der Waals surface area contributed by atoms with Crippen LogP contribution in [0, 0.1) is 0 Å². The number of nitrogens with one attached hydrogen (secondary N) is 1. The molecule has 1 rings (SSSR count). The topological polar surface area (TPSA) is 52.6 Å². The van der Waals surface area contributed by atoms with Crippen LogP contribution in [0.25, 0.3) is 0 Å². The number of β-amino-alcohol motifs (C(OH)–C–C–N with tert-alkyl or cyclic N) is 1. The first-order valence-corrected chi connectivity index (χ1v) is 3.74. The maximum Gasteiger partial charge on any atom is 0.239 e. The summed E-state index contributed by atoms with van der Waals surface area (Å²) in [6.45, 7) is 0.532. The number of amides is 1. The molecule has 0 unspecified atom stereocenters.